The van der Waals surface area contributed by atoms with Gasteiger partial charge in [0.1, 0.15) is 0 Å². The van der Waals surface area contributed by atoms with Gasteiger partial charge in [0.2, 0.25) is 0 Å². The first-order chi connectivity index (χ1) is 7.43. The quantitative estimate of drug-likeness (QED) is 0.490. The molecule has 0 saturated carbocycles. The Labute approximate surface area is 103 Å². The minimum Gasteiger partial charge on any atom is -0.389 e. The van der Waals surface area contributed by atoms with Crippen LogP contribution < -0.4 is 0 Å². The lowest BCUT2D eigenvalue weighted by molar-refractivity contribution is 0.212. The van der Waals surface area contributed by atoms with E-state index in [1.54, 1.807) is 0 Å². The van der Waals surface area contributed by atoms with E-state index in [1.807, 2.05) is 0 Å². The van der Waals surface area contributed by atoms with Crippen LogP contribution in [0.3, 0.4) is 0 Å². The molecule has 16 heavy (non-hydrogen) atoms. The van der Waals surface area contributed by atoms with Gasteiger partial charge in [-0.1, -0.05) is 64.0 Å². The fourth-order valence-electron chi connectivity index (χ4n) is 1.99. The molecule has 2 heteroatoms. The summed E-state index contributed by atoms with van der Waals surface area (Å²) in [5.74, 6) is 0. The molecule has 0 aromatic carbocycles. The van der Waals surface area contributed by atoms with Gasteiger partial charge in [-0.15, -0.1) is 0 Å². The molecule has 0 spiro atoms. The van der Waals surface area contributed by atoms with Crippen LogP contribution >= 0.6 is 0 Å². The summed E-state index contributed by atoms with van der Waals surface area (Å²) in [6.07, 6.45) is 9.37. The summed E-state index contributed by atoms with van der Waals surface area (Å²) >= 11 is 0. The standard InChI is InChI=1S/C14H30OSi/c1-6-8-9-10-11-12-14(13(15)7-2)16(3,4)5/h12-13,15H,6-11H2,1-5H3. The van der Waals surface area contributed by atoms with E-state index < -0.39 is 8.07 Å². The number of aliphatic hydroxyl groups excluding tert-OH is 1. The van der Waals surface area contributed by atoms with Crippen molar-refractivity contribution >= 4 is 8.07 Å². The van der Waals surface area contributed by atoms with E-state index in [9.17, 15) is 5.11 Å². The van der Waals surface area contributed by atoms with E-state index in [4.69, 9.17) is 0 Å². The Morgan fingerprint density at radius 3 is 2.19 bits per heavy atom. The molecule has 0 radical (unpaired) electrons. The molecule has 0 saturated heterocycles. The fraction of sp³-hybridized carbons (Fsp3) is 0.857. The van der Waals surface area contributed by atoms with Gasteiger partial charge >= 0.3 is 0 Å². The first kappa shape index (κ1) is 15.9. The maximum Gasteiger partial charge on any atom is 0.0753 e. The van der Waals surface area contributed by atoms with Gasteiger partial charge in [0, 0.05) is 0 Å². The highest BCUT2D eigenvalue weighted by molar-refractivity contribution is 6.83. The Balaban J connectivity index is 4.24. The maximum atomic E-state index is 10.0. The van der Waals surface area contributed by atoms with Crippen LogP contribution in [-0.2, 0) is 0 Å². The van der Waals surface area contributed by atoms with Crippen LogP contribution in [0.2, 0.25) is 19.6 Å². The molecule has 96 valence electrons. The molecule has 0 aromatic heterocycles. The largest absolute Gasteiger partial charge is 0.389 e. The van der Waals surface area contributed by atoms with E-state index in [-0.39, 0.29) is 6.10 Å². The summed E-state index contributed by atoms with van der Waals surface area (Å²) in [6, 6.07) is 0. The molecular weight excluding hydrogens is 212 g/mol. The Morgan fingerprint density at radius 2 is 1.75 bits per heavy atom. The first-order valence-corrected chi connectivity index (χ1v) is 10.3. The molecule has 0 aromatic rings. The van der Waals surface area contributed by atoms with Gasteiger partial charge in [-0.2, -0.15) is 0 Å². The van der Waals surface area contributed by atoms with Crippen molar-refractivity contribution in [2.75, 3.05) is 0 Å². The molecule has 0 fully saturated rings. The highest BCUT2D eigenvalue weighted by Crippen LogP contribution is 2.21. The fourth-order valence-corrected chi connectivity index (χ4v) is 3.95. The zero-order chi connectivity index (χ0) is 12.6. The molecule has 0 aliphatic carbocycles. The smallest absolute Gasteiger partial charge is 0.0753 e. The van der Waals surface area contributed by atoms with Crippen LogP contribution in [0, 0.1) is 0 Å². The van der Waals surface area contributed by atoms with Crippen molar-refractivity contribution in [1.29, 1.82) is 0 Å². The molecular formula is C14H30OSi. The summed E-state index contributed by atoms with van der Waals surface area (Å²) in [5.41, 5.74) is 0. The second-order valence-corrected chi connectivity index (χ2v) is 10.8. The summed E-state index contributed by atoms with van der Waals surface area (Å²) < 4.78 is 0. The average molecular weight is 242 g/mol. The SMILES string of the molecule is CCCCCCC=C(C(O)CC)[Si](C)(C)C. The van der Waals surface area contributed by atoms with Crippen molar-refractivity contribution in [3.05, 3.63) is 11.3 Å². The Bertz CT molecular complexity index is 203. The normalized spacial score (nSPS) is 15.2. The number of unbranched alkanes of at least 4 members (excludes halogenated alkanes) is 4. The predicted octanol–water partition coefficient (Wildman–Crippen LogP) is 4.53. The summed E-state index contributed by atoms with van der Waals surface area (Å²) in [4.78, 5) is 0. The van der Waals surface area contributed by atoms with E-state index in [2.05, 4.69) is 39.6 Å². The number of hydrogen-bond donors (Lipinski definition) is 1. The van der Waals surface area contributed by atoms with Crippen molar-refractivity contribution in [2.24, 2.45) is 0 Å². The third kappa shape index (κ3) is 6.49. The second-order valence-electron chi connectivity index (χ2n) is 5.68. The van der Waals surface area contributed by atoms with E-state index in [0.717, 1.165) is 12.8 Å². The average Bonchev–Trinajstić information content (AvgIpc) is 2.20. The molecule has 1 nitrogen and oxygen atoms in total. The number of hydrogen-bond acceptors (Lipinski definition) is 1. The van der Waals surface area contributed by atoms with Crippen LogP contribution in [0.1, 0.15) is 52.4 Å². The second kappa shape index (κ2) is 8.07. The highest BCUT2D eigenvalue weighted by Gasteiger charge is 2.24. The van der Waals surface area contributed by atoms with Gasteiger partial charge in [-0.25, -0.2) is 0 Å². The number of rotatable bonds is 8. The van der Waals surface area contributed by atoms with Gasteiger partial charge in [-0.3, -0.25) is 0 Å². The molecule has 0 aliphatic rings. The Kier molecular flexibility index (Phi) is 8.03. The van der Waals surface area contributed by atoms with Crippen molar-refractivity contribution in [3.63, 3.8) is 0 Å². The van der Waals surface area contributed by atoms with Gasteiger partial charge in [-0.05, 0) is 19.3 Å². The van der Waals surface area contributed by atoms with Gasteiger partial charge in [0.15, 0.2) is 0 Å². The van der Waals surface area contributed by atoms with E-state index in [0.29, 0.717) is 0 Å². The zero-order valence-electron chi connectivity index (χ0n) is 11.8. The maximum absolute atomic E-state index is 10.0. The topological polar surface area (TPSA) is 20.2 Å². The molecule has 1 unspecified atom stereocenters. The minimum absolute atomic E-state index is 0.196. The first-order valence-electron chi connectivity index (χ1n) is 6.82. The molecule has 0 rings (SSSR count). The van der Waals surface area contributed by atoms with Crippen molar-refractivity contribution < 1.29 is 5.11 Å². The lowest BCUT2D eigenvalue weighted by Crippen LogP contribution is -2.32. The number of aliphatic hydroxyl groups is 1. The van der Waals surface area contributed by atoms with Crippen LogP contribution in [0.5, 0.6) is 0 Å². The summed E-state index contributed by atoms with van der Waals surface area (Å²) in [6.45, 7) is 11.3. The lowest BCUT2D eigenvalue weighted by Gasteiger charge is -2.25. The van der Waals surface area contributed by atoms with Crippen LogP contribution in [0.15, 0.2) is 11.3 Å². The van der Waals surface area contributed by atoms with Crippen molar-refractivity contribution in [1.82, 2.24) is 0 Å². The van der Waals surface area contributed by atoms with Crippen molar-refractivity contribution in [2.45, 2.75) is 78.1 Å². The predicted molar refractivity (Wildman–Crippen MR) is 76.5 cm³/mol. The van der Waals surface area contributed by atoms with Crippen LogP contribution in [-0.4, -0.2) is 19.3 Å². The van der Waals surface area contributed by atoms with Crippen LogP contribution in [0.25, 0.3) is 0 Å². The summed E-state index contributed by atoms with van der Waals surface area (Å²) in [5, 5.41) is 11.4. The molecule has 0 amide bonds. The molecule has 1 N–H and O–H groups in total. The Hall–Kier alpha value is -0.0831. The van der Waals surface area contributed by atoms with E-state index in [1.165, 1.54) is 30.9 Å². The van der Waals surface area contributed by atoms with Crippen LogP contribution in [0.4, 0.5) is 0 Å². The molecule has 0 heterocycles. The molecule has 0 aliphatic heterocycles. The van der Waals surface area contributed by atoms with E-state index >= 15 is 0 Å². The zero-order valence-corrected chi connectivity index (χ0v) is 12.8. The highest BCUT2D eigenvalue weighted by atomic mass is 28.3. The summed E-state index contributed by atoms with van der Waals surface area (Å²) in [7, 11) is -1.33. The lowest BCUT2D eigenvalue weighted by atomic mass is 10.1. The third-order valence-electron chi connectivity index (χ3n) is 3.03. The molecule has 1 atom stereocenters. The molecule has 0 bridgehead atoms. The number of allylic oxidation sites excluding steroid dienone is 1. The van der Waals surface area contributed by atoms with Gasteiger partial charge < -0.3 is 5.11 Å². The third-order valence-corrected chi connectivity index (χ3v) is 5.30. The monoisotopic (exact) mass is 242 g/mol. The van der Waals surface area contributed by atoms with Gasteiger partial charge in [0.25, 0.3) is 0 Å². The van der Waals surface area contributed by atoms with Crippen molar-refractivity contribution in [3.8, 4) is 0 Å². The Morgan fingerprint density at radius 1 is 1.12 bits per heavy atom. The van der Waals surface area contributed by atoms with Gasteiger partial charge in [0.05, 0.1) is 14.2 Å². The minimum atomic E-state index is -1.33.